The number of carbonyl (C=O) groups is 1. The maximum absolute atomic E-state index is 12.7. The lowest BCUT2D eigenvalue weighted by molar-refractivity contribution is -0.125. The van der Waals surface area contributed by atoms with Crippen LogP contribution in [0.15, 0.2) is 12.4 Å². The van der Waals surface area contributed by atoms with Gasteiger partial charge in [-0.05, 0) is 18.4 Å². The number of hydrogen-bond donors (Lipinski definition) is 3. The van der Waals surface area contributed by atoms with E-state index in [0.717, 1.165) is 31.5 Å². The van der Waals surface area contributed by atoms with E-state index < -0.39 is 0 Å². The van der Waals surface area contributed by atoms with Crippen LogP contribution in [-0.4, -0.2) is 40.9 Å². The van der Waals surface area contributed by atoms with Gasteiger partial charge in [-0.3, -0.25) is 9.48 Å². The van der Waals surface area contributed by atoms with Crippen LogP contribution in [0.25, 0.3) is 0 Å². The number of amides is 1. The lowest BCUT2D eigenvalue weighted by atomic mass is 9.88. The molecule has 6 nitrogen and oxygen atoms in total. The van der Waals surface area contributed by atoms with Crippen molar-refractivity contribution in [3.63, 3.8) is 0 Å². The van der Waals surface area contributed by atoms with E-state index in [1.165, 1.54) is 25.7 Å². The fourth-order valence-corrected chi connectivity index (χ4v) is 3.94. The second-order valence-corrected chi connectivity index (χ2v) is 7.31. The Hall–Kier alpha value is -1.40. The Labute approximate surface area is 138 Å². The van der Waals surface area contributed by atoms with Gasteiger partial charge in [0, 0.05) is 44.3 Å². The van der Waals surface area contributed by atoms with Gasteiger partial charge >= 0.3 is 0 Å². The van der Waals surface area contributed by atoms with Crippen LogP contribution in [0.3, 0.4) is 0 Å². The number of nitrogens with zero attached hydrogens (tertiary/aromatic N) is 2. The number of aryl methyl sites for hydroxylation is 1. The summed E-state index contributed by atoms with van der Waals surface area (Å²) in [6.07, 6.45) is 10.8. The highest BCUT2D eigenvalue weighted by Crippen LogP contribution is 2.28. The average Bonchev–Trinajstić information content (AvgIpc) is 3.12. The first-order valence-corrected chi connectivity index (χ1v) is 8.83. The van der Waals surface area contributed by atoms with Crippen LogP contribution in [0.5, 0.6) is 0 Å². The fourth-order valence-electron chi connectivity index (χ4n) is 3.94. The highest BCUT2D eigenvalue weighted by molar-refractivity contribution is 5.80. The SMILES string of the molecule is Cn1cc([C@H]2CNC[C@@H]2C(=O)NCC2(N)CCCCCC2)cn1. The molecule has 6 heteroatoms. The van der Waals surface area contributed by atoms with Crippen LogP contribution >= 0.6 is 0 Å². The van der Waals surface area contributed by atoms with Crippen LogP contribution in [0.4, 0.5) is 0 Å². The molecule has 2 aliphatic rings. The molecule has 0 spiro atoms. The Morgan fingerprint density at radius 3 is 2.78 bits per heavy atom. The topological polar surface area (TPSA) is 85.0 Å². The van der Waals surface area contributed by atoms with Crippen molar-refractivity contribution in [2.24, 2.45) is 18.7 Å². The van der Waals surface area contributed by atoms with E-state index in [9.17, 15) is 4.79 Å². The van der Waals surface area contributed by atoms with E-state index in [2.05, 4.69) is 15.7 Å². The molecule has 1 saturated carbocycles. The molecule has 1 aromatic rings. The molecule has 2 heterocycles. The first-order chi connectivity index (χ1) is 11.1. The number of aromatic nitrogens is 2. The third-order valence-corrected chi connectivity index (χ3v) is 5.42. The maximum Gasteiger partial charge on any atom is 0.225 e. The molecule has 23 heavy (non-hydrogen) atoms. The monoisotopic (exact) mass is 319 g/mol. The quantitative estimate of drug-likeness (QED) is 0.720. The fraction of sp³-hybridized carbons (Fsp3) is 0.765. The molecule has 128 valence electrons. The Balaban J connectivity index is 1.58. The number of carbonyl (C=O) groups excluding carboxylic acids is 1. The van der Waals surface area contributed by atoms with Crippen molar-refractivity contribution in [3.05, 3.63) is 18.0 Å². The minimum absolute atomic E-state index is 0.0337. The zero-order valence-corrected chi connectivity index (χ0v) is 14.1. The predicted molar refractivity (Wildman–Crippen MR) is 89.9 cm³/mol. The van der Waals surface area contributed by atoms with E-state index in [4.69, 9.17) is 5.73 Å². The van der Waals surface area contributed by atoms with Gasteiger partial charge in [-0.2, -0.15) is 5.10 Å². The average molecular weight is 319 g/mol. The number of nitrogens with one attached hydrogen (secondary N) is 2. The third-order valence-electron chi connectivity index (χ3n) is 5.42. The third kappa shape index (κ3) is 3.93. The zero-order valence-electron chi connectivity index (χ0n) is 14.1. The normalized spacial score (nSPS) is 27.6. The summed E-state index contributed by atoms with van der Waals surface area (Å²) in [5, 5.41) is 10.7. The molecule has 0 unspecified atom stereocenters. The summed E-state index contributed by atoms with van der Waals surface area (Å²) >= 11 is 0. The Morgan fingerprint density at radius 2 is 2.13 bits per heavy atom. The van der Waals surface area contributed by atoms with Crippen LogP contribution in [-0.2, 0) is 11.8 Å². The van der Waals surface area contributed by atoms with Gasteiger partial charge in [-0.25, -0.2) is 0 Å². The molecule has 0 aromatic carbocycles. The van der Waals surface area contributed by atoms with Gasteiger partial charge in [0.25, 0.3) is 0 Å². The molecule has 1 amide bonds. The zero-order chi connectivity index (χ0) is 16.3. The molecule has 0 bridgehead atoms. The first kappa shape index (κ1) is 16.5. The summed E-state index contributed by atoms with van der Waals surface area (Å²) in [6.45, 7) is 2.16. The molecule has 1 aliphatic carbocycles. The molecule has 1 aromatic heterocycles. The van der Waals surface area contributed by atoms with E-state index in [1.807, 2.05) is 19.4 Å². The maximum atomic E-state index is 12.7. The molecule has 0 radical (unpaired) electrons. The van der Waals surface area contributed by atoms with Crippen molar-refractivity contribution in [1.29, 1.82) is 0 Å². The van der Waals surface area contributed by atoms with Gasteiger partial charge in [0.15, 0.2) is 0 Å². The van der Waals surface area contributed by atoms with E-state index >= 15 is 0 Å². The van der Waals surface area contributed by atoms with Crippen molar-refractivity contribution >= 4 is 5.91 Å². The second kappa shape index (κ2) is 7.01. The summed E-state index contributed by atoms with van der Waals surface area (Å²) in [5.41, 5.74) is 7.43. The minimum Gasteiger partial charge on any atom is -0.354 e. The van der Waals surface area contributed by atoms with Crippen molar-refractivity contribution in [3.8, 4) is 0 Å². The Bertz CT molecular complexity index is 533. The van der Waals surface area contributed by atoms with Crippen LogP contribution in [0, 0.1) is 5.92 Å². The van der Waals surface area contributed by atoms with Gasteiger partial charge in [-0.15, -0.1) is 0 Å². The predicted octanol–water partition coefficient (Wildman–Crippen LogP) is 0.891. The van der Waals surface area contributed by atoms with Crippen molar-refractivity contribution in [2.75, 3.05) is 19.6 Å². The number of rotatable bonds is 4. The lowest BCUT2D eigenvalue weighted by Crippen LogP contribution is -2.51. The summed E-state index contributed by atoms with van der Waals surface area (Å²) in [7, 11) is 1.91. The number of nitrogens with two attached hydrogens (primary N) is 1. The van der Waals surface area contributed by atoms with Crippen LogP contribution in [0.1, 0.15) is 50.0 Å². The summed E-state index contributed by atoms with van der Waals surface area (Å²) in [5.74, 6) is 0.290. The summed E-state index contributed by atoms with van der Waals surface area (Å²) < 4.78 is 1.79. The molecule has 1 aliphatic heterocycles. The smallest absolute Gasteiger partial charge is 0.225 e. The molecule has 2 atom stereocenters. The van der Waals surface area contributed by atoms with Crippen molar-refractivity contribution in [2.45, 2.75) is 50.0 Å². The summed E-state index contributed by atoms with van der Waals surface area (Å²) in [4.78, 5) is 12.7. The molecular formula is C17H29N5O. The lowest BCUT2D eigenvalue weighted by Gasteiger charge is -2.29. The largest absolute Gasteiger partial charge is 0.354 e. The van der Waals surface area contributed by atoms with Gasteiger partial charge in [0.1, 0.15) is 0 Å². The second-order valence-electron chi connectivity index (χ2n) is 7.31. The minimum atomic E-state index is -0.220. The van der Waals surface area contributed by atoms with E-state index in [-0.39, 0.29) is 23.3 Å². The van der Waals surface area contributed by atoms with Gasteiger partial charge < -0.3 is 16.4 Å². The molecule has 3 rings (SSSR count). The Kier molecular flexibility index (Phi) is 5.02. The van der Waals surface area contributed by atoms with Gasteiger partial charge in [-0.1, -0.05) is 25.7 Å². The van der Waals surface area contributed by atoms with E-state index in [1.54, 1.807) is 4.68 Å². The number of hydrogen-bond acceptors (Lipinski definition) is 4. The van der Waals surface area contributed by atoms with Gasteiger partial charge in [0.05, 0.1) is 12.1 Å². The summed E-state index contributed by atoms with van der Waals surface area (Å²) in [6, 6.07) is 0. The van der Waals surface area contributed by atoms with Gasteiger partial charge in [0.2, 0.25) is 5.91 Å². The van der Waals surface area contributed by atoms with E-state index in [0.29, 0.717) is 6.54 Å². The molecule has 1 saturated heterocycles. The Morgan fingerprint density at radius 1 is 1.39 bits per heavy atom. The first-order valence-electron chi connectivity index (χ1n) is 8.83. The highest BCUT2D eigenvalue weighted by Gasteiger charge is 2.36. The molecular weight excluding hydrogens is 290 g/mol. The van der Waals surface area contributed by atoms with Crippen LogP contribution in [0.2, 0.25) is 0 Å². The van der Waals surface area contributed by atoms with Crippen LogP contribution < -0.4 is 16.4 Å². The molecule has 4 N–H and O–H groups in total. The van der Waals surface area contributed by atoms with Crippen molar-refractivity contribution in [1.82, 2.24) is 20.4 Å². The standard InChI is InChI=1S/C17H29N5O/c1-22-11-13(8-21-22)14-9-19-10-15(14)16(23)20-12-17(18)6-4-2-3-5-7-17/h8,11,14-15,19H,2-7,9-10,12,18H2,1H3,(H,20,23)/t14-,15+/m1/s1. The molecule has 2 fully saturated rings. The highest BCUT2D eigenvalue weighted by atomic mass is 16.1. The van der Waals surface area contributed by atoms with Crippen molar-refractivity contribution < 1.29 is 4.79 Å².